The van der Waals surface area contributed by atoms with Crippen LogP contribution in [0.4, 0.5) is 22.0 Å². The number of anilines is 3. The number of methoxy groups -OCH3 is 1. The van der Waals surface area contributed by atoms with Crippen LogP contribution in [0, 0.1) is 6.92 Å². The summed E-state index contributed by atoms with van der Waals surface area (Å²) in [6.07, 6.45) is 0.608. The molecule has 1 amide bonds. The topological polar surface area (TPSA) is 146 Å². The second-order valence-electron chi connectivity index (χ2n) is 18.0. The molecule has 0 saturated carbocycles. The Hall–Kier alpha value is -5.32. The number of aromatic nitrogens is 3. The molecule has 5 aromatic rings. The van der Waals surface area contributed by atoms with Crippen molar-refractivity contribution in [3.05, 3.63) is 101 Å². The quantitative estimate of drug-likeness (QED) is 0.0784. The number of aryl methyl sites for hydroxylation is 1. The summed E-state index contributed by atoms with van der Waals surface area (Å²) in [5.41, 5.74) is 17.3. The zero-order valence-electron chi connectivity index (χ0n) is 38.6. The van der Waals surface area contributed by atoms with Crippen LogP contribution in [0.5, 0.6) is 5.75 Å². The number of nitrogens with one attached hydrogen (secondary N) is 2. The average Bonchev–Trinajstić information content (AvgIpc) is 3.72. The average molecular weight is 891 g/mol. The molecule has 2 aromatic heterocycles. The van der Waals surface area contributed by atoms with Gasteiger partial charge in [-0.15, -0.1) is 21.5 Å². The lowest BCUT2D eigenvalue weighted by Gasteiger charge is -2.38. The third kappa shape index (κ3) is 12.1. The molecule has 4 N–H and O–H groups in total. The van der Waals surface area contributed by atoms with Gasteiger partial charge in [0.15, 0.2) is 12.6 Å². The molecule has 2 fully saturated rings. The fourth-order valence-corrected chi connectivity index (χ4v) is 9.34. The molecule has 0 spiro atoms. The summed E-state index contributed by atoms with van der Waals surface area (Å²) in [4.78, 5) is 28.3. The molecule has 14 nitrogen and oxygen atoms in total. The summed E-state index contributed by atoms with van der Waals surface area (Å²) in [5, 5.41) is 15.3. The lowest BCUT2D eigenvalue weighted by molar-refractivity contribution is 0.0515. The van der Waals surface area contributed by atoms with Gasteiger partial charge in [0.2, 0.25) is 0 Å². The molecular weight excluding hydrogens is 825 g/mol. The molecule has 342 valence electrons. The first-order chi connectivity index (χ1) is 30.9. The summed E-state index contributed by atoms with van der Waals surface area (Å²) in [5.74, 6) is 1.13. The van der Waals surface area contributed by atoms with Crippen molar-refractivity contribution in [2.45, 2.75) is 78.7 Å². The summed E-state index contributed by atoms with van der Waals surface area (Å²) >= 11 is 1.65. The monoisotopic (exact) mass is 890 g/mol. The van der Waals surface area contributed by atoms with Gasteiger partial charge in [0.1, 0.15) is 12.4 Å². The normalized spacial score (nSPS) is 16.2. The van der Waals surface area contributed by atoms with Crippen LogP contribution in [0.25, 0.3) is 21.7 Å². The van der Waals surface area contributed by atoms with E-state index in [9.17, 15) is 4.79 Å². The van der Waals surface area contributed by atoms with E-state index < -0.39 is 6.09 Å². The van der Waals surface area contributed by atoms with Gasteiger partial charge >= 0.3 is 6.09 Å². The van der Waals surface area contributed by atoms with Crippen molar-refractivity contribution < 1.29 is 19.0 Å². The number of alkyl carbamates (subject to hydrolysis) is 1. The number of hydrogen-bond donors (Lipinski definition) is 3. The first kappa shape index (κ1) is 46.7. The van der Waals surface area contributed by atoms with E-state index in [0.29, 0.717) is 17.3 Å². The minimum atomic E-state index is -0.413. The first-order valence-corrected chi connectivity index (χ1v) is 23.3. The van der Waals surface area contributed by atoms with E-state index in [1.165, 1.54) is 11.3 Å². The molecule has 2 saturated heterocycles. The van der Waals surface area contributed by atoms with Gasteiger partial charge in [-0.25, -0.2) is 9.78 Å². The molecule has 0 aliphatic carbocycles. The van der Waals surface area contributed by atoms with Crippen molar-refractivity contribution in [2.24, 2.45) is 0 Å². The van der Waals surface area contributed by atoms with Crippen molar-refractivity contribution in [1.82, 2.24) is 35.6 Å². The number of hydrogen-bond acceptors (Lipinski definition) is 14. The highest BCUT2D eigenvalue weighted by Crippen LogP contribution is 2.36. The maximum Gasteiger partial charge on any atom is 0.407 e. The molecule has 64 heavy (non-hydrogen) atoms. The summed E-state index contributed by atoms with van der Waals surface area (Å²) in [7, 11) is 1.60. The Labute approximate surface area is 383 Å². The minimum absolute atomic E-state index is 0.0383. The fourth-order valence-electron chi connectivity index (χ4n) is 8.54. The number of nitrogens with two attached hydrogens (primary N) is 1. The van der Waals surface area contributed by atoms with E-state index >= 15 is 0 Å². The molecule has 15 heteroatoms. The summed E-state index contributed by atoms with van der Waals surface area (Å²) in [6.45, 7) is 22.0. The van der Waals surface area contributed by atoms with E-state index in [-0.39, 0.29) is 31.0 Å². The van der Waals surface area contributed by atoms with Crippen LogP contribution < -0.4 is 30.9 Å². The third-order valence-corrected chi connectivity index (χ3v) is 12.8. The lowest BCUT2D eigenvalue weighted by atomic mass is 10.0. The van der Waals surface area contributed by atoms with Gasteiger partial charge < -0.3 is 40.4 Å². The SMILES string of the molecule is COCOc1ccccc1-c1cc(C2CNCCN2Cc2ccc(N3CCN(CCCN(c4cc(-c5scnc5C)ccc4COC(=O)NC(C)(C)C)C(C)C)CC3)cc2)c(N)nn1. The Balaban J connectivity index is 0.943. The van der Waals surface area contributed by atoms with Crippen LogP contribution in [-0.4, -0.2) is 115 Å². The standard InChI is InChI=1S/C49H66N10O4S/c1-34(2)59(43-27-37(46-35(3)52-32-64-46)15-16-38(43)31-62-48(60)53-49(4,5)6)21-10-20-56-23-25-57(26-24-56)39-17-13-36(14-18-39)30-58-22-19-51-29-44(58)41-28-42(54-55-47(41)50)40-11-8-9-12-45(40)63-33-61-7/h8-9,11-18,27-28,32,34,44,51H,10,19-26,29-31,33H2,1-7H3,(H2,50,55)(H,53,60). The molecule has 3 aromatic carbocycles. The Bertz CT molecular complexity index is 2290. The van der Waals surface area contributed by atoms with Gasteiger partial charge in [-0.3, -0.25) is 9.80 Å². The largest absolute Gasteiger partial charge is 0.467 e. The Kier molecular flexibility index (Phi) is 15.7. The summed E-state index contributed by atoms with van der Waals surface area (Å²) in [6, 6.07) is 25.7. The van der Waals surface area contributed by atoms with Crippen LogP contribution in [0.3, 0.4) is 0 Å². The maximum atomic E-state index is 12.7. The van der Waals surface area contributed by atoms with Crippen LogP contribution >= 0.6 is 11.3 Å². The Morgan fingerprint density at radius 1 is 1.02 bits per heavy atom. The molecular formula is C49H66N10O4S. The third-order valence-electron chi connectivity index (χ3n) is 11.9. The molecule has 0 radical (unpaired) electrons. The zero-order valence-corrected chi connectivity index (χ0v) is 39.4. The van der Waals surface area contributed by atoms with Gasteiger partial charge in [0.25, 0.3) is 0 Å². The predicted molar refractivity (Wildman–Crippen MR) is 258 cm³/mol. The molecule has 2 aliphatic heterocycles. The number of para-hydroxylation sites is 1. The van der Waals surface area contributed by atoms with Gasteiger partial charge in [-0.05, 0) is 102 Å². The molecule has 1 unspecified atom stereocenters. The number of carbonyl (C=O) groups excluding carboxylic acids is 1. The Morgan fingerprint density at radius 2 is 1.80 bits per heavy atom. The minimum Gasteiger partial charge on any atom is -0.467 e. The zero-order chi connectivity index (χ0) is 45.2. The molecule has 4 heterocycles. The Morgan fingerprint density at radius 3 is 2.52 bits per heavy atom. The summed E-state index contributed by atoms with van der Waals surface area (Å²) < 4.78 is 16.7. The van der Waals surface area contributed by atoms with E-state index in [1.54, 1.807) is 18.4 Å². The van der Waals surface area contributed by atoms with E-state index in [0.717, 1.165) is 110 Å². The van der Waals surface area contributed by atoms with Crippen molar-refractivity contribution in [3.8, 4) is 27.4 Å². The van der Waals surface area contributed by atoms with Gasteiger partial charge in [0, 0.05) is 106 Å². The maximum absolute atomic E-state index is 12.7. The molecule has 1 atom stereocenters. The number of nitrogen functional groups attached to an aromatic ring is 1. The number of benzene rings is 3. The number of carbonyl (C=O) groups is 1. The van der Waals surface area contributed by atoms with Gasteiger partial charge in [-0.2, -0.15) is 0 Å². The van der Waals surface area contributed by atoms with Crippen LogP contribution in [0.1, 0.15) is 69.5 Å². The number of amides is 1. The van der Waals surface area contributed by atoms with E-state index in [4.69, 9.17) is 19.9 Å². The van der Waals surface area contributed by atoms with Crippen molar-refractivity contribution in [3.63, 3.8) is 0 Å². The van der Waals surface area contributed by atoms with Crippen molar-refractivity contribution >= 4 is 34.6 Å². The number of nitrogens with zero attached hydrogens (tertiary/aromatic N) is 7. The first-order valence-electron chi connectivity index (χ1n) is 22.5. The highest BCUT2D eigenvalue weighted by atomic mass is 32.1. The predicted octanol–water partition coefficient (Wildman–Crippen LogP) is 7.74. The number of piperazine rings is 2. The number of rotatable bonds is 17. The second kappa shape index (κ2) is 21.6. The number of ether oxygens (including phenoxy) is 3. The van der Waals surface area contributed by atoms with Gasteiger partial charge in [-0.1, -0.05) is 36.4 Å². The van der Waals surface area contributed by atoms with Crippen molar-refractivity contribution in [1.29, 1.82) is 0 Å². The van der Waals surface area contributed by atoms with Crippen molar-refractivity contribution in [2.75, 3.05) is 88.3 Å². The smallest absolute Gasteiger partial charge is 0.407 e. The van der Waals surface area contributed by atoms with Gasteiger partial charge in [0.05, 0.1) is 27.8 Å². The van der Waals surface area contributed by atoms with Crippen LogP contribution in [0.2, 0.25) is 0 Å². The highest BCUT2D eigenvalue weighted by Gasteiger charge is 2.28. The highest BCUT2D eigenvalue weighted by molar-refractivity contribution is 7.13. The molecule has 2 aliphatic rings. The fraction of sp³-hybridized carbons (Fsp3) is 0.469. The number of thiazole rings is 1. The lowest BCUT2D eigenvalue weighted by Crippen LogP contribution is -2.47. The van der Waals surface area contributed by atoms with Crippen LogP contribution in [-0.2, 0) is 22.6 Å². The van der Waals surface area contributed by atoms with Crippen LogP contribution in [0.15, 0.2) is 78.3 Å². The van der Waals surface area contributed by atoms with E-state index in [2.05, 4.69) is 115 Å². The second-order valence-corrected chi connectivity index (χ2v) is 18.9. The molecule has 0 bridgehead atoms. The van der Waals surface area contributed by atoms with E-state index in [1.807, 2.05) is 50.5 Å². The molecule has 7 rings (SSSR count).